The Morgan fingerprint density at radius 3 is 2.76 bits per heavy atom. The third kappa shape index (κ3) is 1.92. The van der Waals surface area contributed by atoms with Crippen molar-refractivity contribution in [3.63, 3.8) is 0 Å². The summed E-state index contributed by atoms with van der Waals surface area (Å²) in [5.41, 5.74) is -0.0709. The van der Waals surface area contributed by atoms with Crippen molar-refractivity contribution in [2.24, 2.45) is 5.92 Å². The molecule has 0 aromatic heterocycles. The van der Waals surface area contributed by atoms with E-state index in [1.807, 2.05) is 0 Å². The molecule has 0 aromatic carbocycles. The molecule has 0 aromatic rings. The van der Waals surface area contributed by atoms with Crippen LogP contribution in [0.3, 0.4) is 0 Å². The maximum Gasteiger partial charge on any atom is 0.220 e. The van der Waals surface area contributed by atoms with Gasteiger partial charge in [-0.3, -0.25) is 4.79 Å². The summed E-state index contributed by atoms with van der Waals surface area (Å²) in [6, 6.07) is 0. The molecule has 3 atom stereocenters. The first-order chi connectivity index (χ1) is 10.1. The van der Waals surface area contributed by atoms with Gasteiger partial charge in [0.25, 0.3) is 0 Å². The average molecular weight is 290 g/mol. The van der Waals surface area contributed by atoms with Crippen LogP contribution in [-0.2, 0) is 9.53 Å². The highest BCUT2D eigenvalue weighted by atomic mass is 16.5. The summed E-state index contributed by atoms with van der Waals surface area (Å²) in [5, 5.41) is 0. The van der Waals surface area contributed by atoms with Gasteiger partial charge in [0.15, 0.2) is 0 Å². The van der Waals surface area contributed by atoms with Crippen LogP contribution in [0.4, 0.5) is 0 Å². The number of fused-ring (bicyclic) bond motifs is 1. The Kier molecular flexibility index (Phi) is 2.99. The molecule has 4 heteroatoms. The number of carbonyl (C=O) groups is 1. The molecule has 116 valence electrons. The van der Waals surface area contributed by atoms with E-state index in [1.165, 1.54) is 0 Å². The lowest BCUT2D eigenvalue weighted by atomic mass is 9.67. The van der Waals surface area contributed by atoms with Crippen molar-refractivity contribution in [3.05, 3.63) is 12.2 Å². The van der Waals surface area contributed by atoms with Crippen LogP contribution in [0.25, 0.3) is 0 Å². The summed E-state index contributed by atoms with van der Waals surface area (Å²) in [6.07, 6.45) is 9.28. The zero-order valence-corrected chi connectivity index (χ0v) is 13.2. The predicted molar refractivity (Wildman–Crippen MR) is 80.9 cm³/mol. The molecule has 3 saturated heterocycles. The van der Waals surface area contributed by atoms with E-state index in [0.717, 1.165) is 51.9 Å². The second-order valence-electron chi connectivity index (χ2n) is 7.37. The molecule has 3 fully saturated rings. The maximum absolute atomic E-state index is 12.3. The molecule has 4 aliphatic rings. The van der Waals surface area contributed by atoms with Crippen molar-refractivity contribution >= 4 is 5.91 Å². The van der Waals surface area contributed by atoms with Crippen LogP contribution in [0.1, 0.15) is 39.5 Å². The van der Waals surface area contributed by atoms with Gasteiger partial charge in [-0.1, -0.05) is 19.1 Å². The van der Waals surface area contributed by atoms with Crippen LogP contribution in [0.2, 0.25) is 0 Å². The van der Waals surface area contributed by atoms with Crippen LogP contribution < -0.4 is 0 Å². The lowest BCUT2D eigenvalue weighted by Crippen LogP contribution is -2.66. The summed E-state index contributed by atoms with van der Waals surface area (Å²) in [7, 11) is 0. The standard InChI is InChI=1S/C17H26N2O2/c1-3-18-8-6-16(7-9-18)11-14-10-15-4-5-17(14,21-15)12-19(16)13(2)20/h4-5,14-15H,3,6-12H2,1-2H3/t14-,15+,17+/m1/s1. The minimum atomic E-state index is -0.163. The van der Waals surface area contributed by atoms with E-state index in [2.05, 4.69) is 28.9 Å². The lowest BCUT2D eigenvalue weighted by molar-refractivity contribution is -0.154. The van der Waals surface area contributed by atoms with E-state index < -0.39 is 0 Å². The van der Waals surface area contributed by atoms with Crippen molar-refractivity contribution < 1.29 is 9.53 Å². The lowest BCUT2D eigenvalue weighted by Gasteiger charge is -2.56. The second kappa shape index (κ2) is 4.56. The molecular formula is C17H26N2O2. The first-order valence-electron chi connectivity index (χ1n) is 8.45. The van der Waals surface area contributed by atoms with Crippen LogP contribution in [0, 0.1) is 5.92 Å². The second-order valence-corrected chi connectivity index (χ2v) is 7.37. The summed E-state index contributed by atoms with van der Waals surface area (Å²) < 4.78 is 6.21. The highest BCUT2D eigenvalue weighted by Gasteiger charge is 2.59. The Morgan fingerprint density at radius 1 is 1.38 bits per heavy atom. The Labute approximate surface area is 127 Å². The SMILES string of the molecule is CCN1CCC2(CC1)C[C@H]1C[C@@H]3C=C[C@@]1(CN2C(C)=O)O3. The van der Waals surface area contributed by atoms with Crippen molar-refractivity contribution in [1.29, 1.82) is 0 Å². The van der Waals surface area contributed by atoms with Crippen LogP contribution in [0.15, 0.2) is 12.2 Å². The Hall–Kier alpha value is -0.870. The Balaban J connectivity index is 1.62. The van der Waals surface area contributed by atoms with E-state index in [0.29, 0.717) is 12.0 Å². The number of rotatable bonds is 1. The van der Waals surface area contributed by atoms with Crippen LogP contribution in [0.5, 0.6) is 0 Å². The van der Waals surface area contributed by atoms with Crippen molar-refractivity contribution in [3.8, 4) is 0 Å². The smallest absolute Gasteiger partial charge is 0.220 e. The number of hydrogen-bond donors (Lipinski definition) is 0. The van der Waals surface area contributed by atoms with Crippen molar-refractivity contribution in [1.82, 2.24) is 9.80 Å². The highest BCUT2D eigenvalue weighted by Crippen LogP contribution is 2.53. The number of nitrogens with zero attached hydrogens (tertiary/aromatic N) is 2. The largest absolute Gasteiger partial charge is 0.361 e. The van der Waals surface area contributed by atoms with E-state index in [4.69, 9.17) is 4.74 Å². The molecule has 4 heterocycles. The van der Waals surface area contributed by atoms with E-state index in [1.54, 1.807) is 6.92 Å². The minimum absolute atomic E-state index is 0.0924. The third-order valence-corrected chi connectivity index (χ3v) is 6.39. The van der Waals surface area contributed by atoms with Gasteiger partial charge in [-0.2, -0.15) is 0 Å². The van der Waals surface area contributed by atoms with Crippen LogP contribution in [-0.4, -0.2) is 59.1 Å². The molecule has 21 heavy (non-hydrogen) atoms. The first kappa shape index (κ1) is 13.8. The zero-order valence-electron chi connectivity index (χ0n) is 13.2. The fourth-order valence-electron chi connectivity index (χ4n) is 5.13. The maximum atomic E-state index is 12.3. The predicted octanol–water partition coefficient (Wildman–Crippen LogP) is 1.81. The monoisotopic (exact) mass is 290 g/mol. The average Bonchev–Trinajstić information content (AvgIpc) is 3.03. The zero-order chi connectivity index (χ0) is 14.7. The Bertz CT molecular complexity index is 481. The van der Waals surface area contributed by atoms with Gasteiger partial charge in [0.2, 0.25) is 5.91 Å². The van der Waals surface area contributed by atoms with Gasteiger partial charge in [0.1, 0.15) is 5.60 Å². The minimum Gasteiger partial charge on any atom is -0.361 e. The molecule has 2 bridgehead atoms. The van der Waals surface area contributed by atoms with E-state index in [9.17, 15) is 4.79 Å². The fraction of sp³-hybridized carbons (Fsp3) is 0.824. The molecule has 4 rings (SSSR count). The van der Waals surface area contributed by atoms with Gasteiger partial charge < -0.3 is 14.5 Å². The fourth-order valence-corrected chi connectivity index (χ4v) is 5.13. The number of carbonyl (C=O) groups excluding carboxylic acids is 1. The number of piperidine rings is 2. The molecule has 0 unspecified atom stereocenters. The first-order valence-corrected chi connectivity index (χ1v) is 8.45. The topological polar surface area (TPSA) is 32.8 Å². The quantitative estimate of drug-likeness (QED) is 0.691. The summed E-state index contributed by atoms with van der Waals surface area (Å²) >= 11 is 0. The van der Waals surface area contributed by atoms with Gasteiger partial charge in [0.05, 0.1) is 12.6 Å². The molecule has 0 N–H and O–H groups in total. The van der Waals surface area contributed by atoms with Gasteiger partial charge in [-0.15, -0.1) is 0 Å². The van der Waals surface area contributed by atoms with Gasteiger partial charge in [-0.05, 0) is 38.1 Å². The Morgan fingerprint density at radius 2 is 2.14 bits per heavy atom. The summed E-state index contributed by atoms with van der Waals surface area (Å²) in [4.78, 5) is 17.0. The molecular weight excluding hydrogens is 264 g/mol. The number of hydrogen-bond acceptors (Lipinski definition) is 3. The van der Waals surface area contributed by atoms with Crippen molar-refractivity contribution in [2.45, 2.75) is 56.8 Å². The summed E-state index contributed by atoms with van der Waals surface area (Å²) in [6.45, 7) is 8.10. The van der Waals surface area contributed by atoms with Gasteiger partial charge in [-0.25, -0.2) is 0 Å². The van der Waals surface area contributed by atoms with Gasteiger partial charge >= 0.3 is 0 Å². The van der Waals surface area contributed by atoms with Crippen molar-refractivity contribution in [2.75, 3.05) is 26.2 Å². The molecule has 0 radical (unpaired) electrons. The van der Waals surface area contributed by atoms with E-state index in [-0.39, 0.29) is 17.0 Å². The molecule has 2 spiro atoms. The normalized spacial score (nSPS) is 40.8. The molecule has 4 nitrogen and oxygen atoms in total. The number of amides is 1. The van der Waals surface area contributed by atoms with Crippen LogP contribution >= 0.6 is 0 Å². The molecule has 4 aliphatic heterocycles. The third-order valence-electron chi connectivity index (χ3n) is 6.39. The molecule has 0 aliphatic carbocycles. The summed E-state index contributed by atoms with van der Waals surface area (Å²) in [5.74, 6) is 0.830. The number of likely N-dealkylation sites (tertiary alicyclic amines) is 2. The molecule has 1 amide bonds. The highest BCUT2D eigenvalue weighted by molar-refractivity contribution is 5.74. The molecule has 0 saturated carbocycles. The van der Waals surface area contributed by atoms with Gasteiger partial charge in [0, 0.05) is 25.6 Å². The van der Waals surface area contributed by atoms with E-state index >= 15 is 0 Å². The number of ether oxygens (including phenoxy) is 1.